The fourth-order valence-electron chi connectivity index (χ4n) is 6.48. The minimum Gasteiger partial charge on any atom is -0.347 e. The number of carbonyl (C=O) groups is 3. The third kappa shape index (κ3) is 6.40. The number of carbonyl (C=O) groups excluding carboxylic acids is 3. The van der Waals surface area contributed by atoms with Crippen molar-refractivity contribution in [3.05, 3.63) is 76.4 Å². The van der Waals surface area contributed by atoms with E-state index in [0.29, 0.717) is 31.0 Å². The topological polar surface area (TPSA) is 82.6 Å². The highest BCUT2D eigenvalue weighted by molar-refractivity contribution is 7.13. The van der Waals surface area contributed by atoms with Gasteiger partial charge in [-0.15, -0.1) is 11.3 Å². The van der Waals surface area contributed by atoms with E-state index in [9.17, 15) is 14.4 Å². The van der Waals surface area contributed by atoms with E-state index < -0.39 is 17.5 Å². The van der Waals surface area contributed by atoms with Crippen LogP contribution in [0.5, 0.6) is 0 Å². The summed E-state index contributed by atoms with van der Waals surface area (Å²) < 4.78 is 0. The van der Waals surface area contributed by atoms with Gasteiger partial charge in [0.1, 0.15) is 12.1 Å². The molecule has 0 bridgehead atoms. The van der Waals surface area contributed by atoms with Crippen LogP contribution >= 0.6 is 11.3 Å². The second-order valence-electron chi connectivity index (χ2n) is 13.2. The Kier molecular flexibility index (Phi) is 9.07. The average Bonchev–Trinajstić information content (AvgIpc) is 3.71. The van der Waals surface area contributed by atoms with Crippen molar-refractivity contribution in [2.75, 3.05) is 6.54 Å². The number of hydrogen-bond acceptors (Lipinski definition) is 5. The van der Waals surface area contributed by atoms with Gasteiger partial charge in [-0.25, -0.2) is 4.98 Å². The van der Waals surface area contributed by atoms with Gasteiger partial charge in [0.25, 0.3) is 5.91 Å². The quantitative estimate of drug-likeness (QED) is 0.294. The van der Waals surface area contributed by atoms with E-state index in [1.165, 1.54) is 0 Å². The van der Waals surface area contributed by atoms with E-state index in [1.807, 2.05) is 57.5 Å². The van der Waals surface area contributed by atoms with E-state index >= 15 is 0 Å². The van der Waals surface area contributed by atoms with Crippen LogP contribution in [-0.4, -0.2) is 51.1 Å². The lowest BCUT2D eigenvalue weighted by atomic mass is 9.84. The molecule has 0 aliphatic carbocycles. The first-order chi connectivity index (χ1) is 20.5. The van der Waals surface area contributed by atoms with Crippen molar-refractivity contribution in [3.63, 3.8) is 0 Å². The summed E-state index contributed by atoms with van der Waals surface area (Å²) >= 11 is 1.63. The molecule has 1 N–H and O–H groups in total. The predicted octanol–water partition coefficient (Wildman–Crippen LogP) is 6.77. The van der Waals surface area contributed by atoms with Crippen molar-refractivity contribution in [2.24, 2.45) is 11.3 Å². The molecule has 7 nitrogen and oxygen atoms in total. The maximum absolute atomic E-state index is 14.3. The smallest absolute Gasteiger partial charge is 0.255 e. The SMILES string of the molecule is CCC(C)CC(NC(=O)C1CCCN1C(=O)C(N1Cc2ccccc2C1=O)C(C)(C)C)c1ccc(-c2scnc2C)cc1. The van der Waals surface area contributed by atoms with Crippen LogP contribution in [0.2, 0.25) is 0 Å². The molecule has 1 fully saturated rings. The van der Waals surface area contributed by atoms with E-state index in [0.717, 1.165) is 46.5 Å². The number of hydrogen-bond donors (Lipinski definition) is 1. The van der Waals surface area contributed by atoms with Gasteiger partial charge in [-0.2, -0.15) is 0 Å². The summed E-state index contributed by atoms with van der Waals surface area (Å²) in [6, 6.07) is 14.6. The molecule has 2 aliphatic rings. The molecule has 3 amide bonds. The van der Waals surface area contributed by atoms with Crippen molar-refractivity contribution >= 4 is 29.1 Å². The Morgan fingerprint density at radius 3 is 2.47 bits per heavy atom. The number of fused-ring (bicyclic) bond motifs is 1. The van der Waals surface area contributed by atoms with Crippen LogP contribution in [0.25, 0.3) is 10.4 Å². The second-order valence-corrected chi connectivity index (χ2v) is 14.1. The molecule has 2 aliphatic heterocycles. The monoisotopic (exact) mass is 600 g/mol. The summed E-state index contributed by atoms with van der Waals surface area (Å²) in [7, 11) is 0. The molecule has 43 heavy (non-hydrogen) atoms. The summed E-state index contributed by atoms with van der Waals surface area (Å²) in [4.78, 5) is 50.7. The van der Waals surface area contributed by atoms with E-state index in [2.05, 4.69) is 48.4 Å². The maximum atomic E-state index is 14.3. The number of thiazole rings is 1. The predicted molar refractivity (Wildman–Crippen MR) is 172 cm³/mol. The average molecular weight is 601 g/mol. The molecule has 228 valence electrons. The lowest BCUT2D eigenvalue weighted by Gasteiger charge is -2.40. The molecule has 0 spiro atoms. The second kappa shape index (κ2) is 12.6. The number of nitrogens with one attached hydrogen (secondary N) is 1. The van der Waals surface area contributed by atoms with Crippen LogP contribution in [0.4, 0.5) is 0 Å². The van der Waals surface area contributed by atoms with Gasteiger partial charge < -0.3 is 15.1 Å². The number of amides is 3. The lowest BCUT2D eigenvalue weighted by Crippen LogP contribution is -2.58. The summed E-state index contributed by atoms with van der Waals surface area (Å²) in [5.41, 5.74) is 6.15. The van der Waals surface area contributed by atoms with Gasteiger partial charge >= 0.3 is 0 Å². The van der Waals surface area contributed by atoms with Gasteiger partial charge in [-0.1, -0.05) is 83.5 Å². The van der Waals surface area contributed by atoms with Crippen LogP contribution in [0.15, 0.2) is 54.0 Å². The van der Waals surface area contributed by atoms with Crippen molar-refractivity contribution in [2.45, 2.75) is 91.9 Å². The van der Waals surface area contributed by atoms with Gasteiger partial charge in [-0.05, 0) is 60.3 Å². The highest BCUT2D eigenvalue weighted by Gasteiger charge is 2.47. The molecule has 5 rings (SSSR count). The van der Waals surface area contributed by atoms with Crippen LogP contribution in [0.3, 0.4) is 0 Å². The number of benzene rings is 2. The molecule has 4 atom stereocenters. The number of aryl methyl sites for hydroxylation is 1. The van der Waals surface area contributed by atoms with Gasteiger partial charge in [-0.3, -0.25) is 14.4 Å². The van der Waals surface area contributed by atoms with Crippen LogP contribution in [0.1, 0.15) is 93.5 Å². The van der Waals surface area contributed by atoms with Crippen LogP contribution < -0.4 is 5.32 Å². The molecule has 8 heteroatoms. The van der Waals surface area contributed by atoms with Crippen LogP contribution in [0, 0.1) is 18.3 Å². The highest BCUT2D eigenvalue weighted by Crippen LogP contribution is 2.35. The first-order valence-corrected chi connectivity index (χ1v) is 16.4. The highest BCUT2D eigenvalue weighted by atomic mass is 32.1. The first-order valence-electron chi connectivity index (χ1n) is 15.5. The van der Waals surface area contributed by atoms with Crippen molar-refractivity contribution in [3.8, 4) is 10.4 Å². The van der Waals surface area contributed by atoms with E-state index in [-0.39, 0.29) is 23.8 Å². The number of likely N-dealkylation sites (tertiary alicyclic amines) is 1. The van der Waals surface area contributed by atoms with E-state index in [4.69, 9.17) is 0 Å². The Morgan fingerprint density at radius 1 is 1.12 bits per heavy atom. The Hall–Kier alpha value is -3.52. The van der Waals surface area contributed by atoms with E-state index in [1.54, 1.807) is 21.1 Å². The van der Waals surface area contributed by atoms with Crippen molar-refractivity contribution in [1.29, 1.82) is 0 Å². The normalized spacial score (nSPS) is 18.8. The molecule has 3 aromatic rings. The first kappa shape index (κ1) is 30.9. The largest absolute Gasteiger partial charge is 0.347 e. The van der Waals surface area contributed by atoms with Gasteiger partial charge in [0.15, 0.2) is 0 Å². The van der Waals surface area contributed by atoms with Gasteiger partial charge in [0, 0.05) is 18.7 Å². The standard InChI is InChI=1S/C35H44N4O3S/c1-7-22(2)19-28(24-14-16-25(17-15-24)30-23(3)36-21-43-30)37-32(40)29-13-10-18-38(29)34(42)31(35(4,5)6)39-20-26-11-8-9-12-27(26)33(39)41/h8-9,11-12,14-17,21-22,28-29,31H,7,10,13,18-20H2,1-6H3,(H,37,40). The third-order valence-electron chi connectivity index (χ3n) is 9.03. The van der Waals surface area contributed by atoms with Gasteiger partial charge in [0.05, 0.1) is 22.1 Å². The summed E-state index contributed by atoms with van der Waals surface area (Å²) in [5.74, 6) is 0.0389. The molecule has 1 saturated heterocycles. The van der Waals surface area contributed by atoms with Crippen molar-refractivity contribution in [1.82, 2.24) is 20.1 Å². The molecule has 1 aromatic heterocycles. The van der Waals surface area contributed by atoms with Crippen molar-refractivity contribution < 1.29 is 14.4 Å². The summed E-state index contributed by atoms with van der Waals surface area (Å²) in [6.45, 7) is 13.3. The summed E-state index contributed by atoms with van der Waals surface area (Å²) in [6.07, 6.45) is 3.20. The fourth-order valence-corrected chi connectivity index (χ4v) is 7.29. The Labute approximate surface area is 259 Å². The molecule has 0 radical (unpaired) electrons. The number of nitrogens with zero attached hydrogens (tertiary/aromatic N) is 3. The lowest BCUT2D eigenvalue weighted by molar-refractivity contribution is -0.145. The molecule has 4 unspecified atom stereocenters. The minimum absolute atomic E-state index is 0.116. The number of aromatic nitrogens is 1. The Morgan fingerprint density at radius 2 is 1.84 bits per heavy atom. The van der Waals surface area contributed by atoms with Crippen LogP contribution in [-0.2, 0) is 16.1 Å². The maximum Gasteiger partial charge on any atom is 0.255 e. The zero-order valence-electron chi connectivity index (χ0n) is 26.2. The van der Waals surface area contributed by atoms with Gasteiger partial charge in [0.2, 0.25) is 11.8 Å². The molecular formula is C35H44N4O3S. The zero-order valence-corrected chi connectivity index (χ0v) is 27.0. The minimum atomic E-state index is -0.667. The third-order valence-corrected chi connectivity index (χ3v) is 10.0. The zero-order chi connectivity index (χ0) is 30.9. The Bertz CT molecular complexity index is 1470. The molecule has 3 heterocycles. The summed E-state index contributed by atoms with van der Waals surface area (Å²) in [5, 5.41) is 3.34. The fraction of sp³-hybridized carbons (Fsp3) is 0.486. The Balaban J connectivity index is 1.36. The molecular weight excluding hydrogens is 556 g/mol. The molecule has 2 aromatic carbocycles. The molecule has 0 saturated carbocycles. The number of rotatable bonds is 9.